The van der Waals surface area contributed by atoms with E-state index in [1.165, 1.54) is 12.1 Å². The molecule has 0 amide bonds. The van der Waals surface area contributed by atoms with E-state index in [0.717, 1.165) is 58.5 Å². The number of carboxylic acids is 2. The van der Waals surface area contributed by atoms with Crippen molar-refractivity contribution in [2.75, 3.05) is 39.5 Å². The topological polar surface area (TPSA) is 143 Å². The minimum atomic E-state index is -2.73. The van der Waals surface area contributed by atoms with Crippen LogP contribution < -0.4 is 9.47 Å². The van der Waals surface area contributed by atoms with Crippen LogP contribution in [0.5, 0.6) is 11.5 Å². The zero-order valence-electron chi connectivity index (χ0n) is 18.0. The quantitative estimate of drug-likeness (QED) is 0.216. The van der Waals surface area contributed by atoms with Crippen molar-refractivity contribution in [3.63, 3.8) is 0 Å². The van der Waals surface area contributed by atoms with E-state index in [4.69, 9.17) is 24.4 Å². The number of aliphatic carboxylic acids is 2. The van der Waals surface area contributed by atoms with Crippen molar-refractivity contribution in [2.45, 2.75) is 44.1 Å². The number of carboxylic acid groups (broad SMARTS) is 2. The van der Waals surface area contributed by atoms with Gasteiger partial charge in [-0.25, -0.2) is 4.79 Å². The van der Waals surface area contributed by atoms with Gasteiger partial charge in [0.05, 0.1) is 32.7 Å². The second-order valence-corrected chi connectivity index (χ2v) is 7.75. The maximum absolute atomic E-state index is 11.9. The van der Waals surface area contributed by atoms with Crippen molar-refractivity contribution < 1.29 is 43.9 Å². The van der Waals surface area contributed by atoms with Crippen LogP contribution >= 0.6 is 0 Å². The van der Waals surface area contributed by atoms with E-state index in [9.17, 15) is 19.5 Å². The van der Waals surface area contributed by atoms with Crippen molar-refractivity contribution >= 4 is 17.9 Å². The molecule has 1 aliphatic heterocycles. The molecule has 0 bridgehead atoms. The third-order valence-electron chi connectivity index (χ3n) is 5.08. The number of benzene rings is 1. The largest absolute Gasteiger partial charge is 0.494 e. The summed E-state index contributed by atoms with van der Waals surface area (Å²) < 4.78 is 16.0. The zero-order valence-corrected chi connectivity index (χ0v) is 18.0. The Morgan fingerprint density at radius 1 is 0.938 bits per heavy atom. The highest BCUT2D eigenvalue weighted by Crippen LogP contribution is 2.21. The fraction of sp³-hybridized carbons (Fsp3) is 0.591. The lowest BCUT2D eigenvalue weighted by atomic mass is 9.96. The zero-order chi connectivity index (χ0) is 23.4. The summed E-state index contributed by atoms with van der Waals surface area (Å²) in [5.74, 6) is -3.66. The fourth-order valence-corrected chi connectivity index (χ4v) is 3.28. The average Bonchev–Trinajstić information content (AvgIpc) is 2.74. The fourth-order valence-electron chi connectivity index (χ4n) is 3.28. The lowest BCUT2D eigenvalue weighted by Crippen LogP contribution is -2.43. The second-order valence-electron chi connectivity index (χ2n) is 7.75. The summed E-state index contributed by atoms with van der Waals surface area (Å²) in [6.07, 6.45) is 2.19. The van der Waals surface area contributed by atoms with Crippen LogP contribution in [-0.2, 0) is 19.1 Å². The van der Waals surface area contributed by atoms with Crippen LogP contribution in [0.25, 0.3) is 0 Å². The molecule has 10 heteroatoms. The number of morpholine rings is 1. The minimum absolute atomic E-state index is 0.133. The summed E-state index contributed by atoms with van der Waals surface area (Å²) in [6.45, 7) is 5.33. The highest BCUT2D eigenvalue weighted by Gasteiger charge is 2.41. The molecule has 32 heavy (non-hydrogen) atoms. The van der Waals surface area contributed by atoms with Gasteiger partial charge in [0.25, 0.3) is 0 Å². The third kappa shape index (κ3) is 9.21. The summed E-state index contributed by atoms with van der Waals surface area (Å²) in [6, 6.07) is 6.18. The number of carbonyl (C=O) groups excluding carboxylic acids is 1. The van der Waals surface area contributed by atoms with Gasteiger partial charge in [-0.1, -0.05) is 12.8 Å². The molecule has 1 aromatic rings. The van der Waals surface area contributed by atoms with Crippen molar-refractivity contribution in [3.8, 4) is 11.5 Å². The van der Waals surface area contributed by atoms with Gasteiger partial charge in [0.1, 0.15) is 11.5 Å². The Kier molecular flexibility index (Phi) is 10.4. The predicted molar refractivity (Wildman–Crippen MR) is 113 cm³/mol. The highest BCUT2D eigenvalue weighted by atomic mass is 16.5. The van der Waals surface area contributed by atoms with Gasteiger partial charge in [0, 0.05) is 13.1 Å². The van der Waals surface area contributed by atoms with Gasteiger partial charge in [-0.2, -0.15) is 0 Å². The molecule has 1 atom stereocenters. The van der Waals surface area contributed by atoms with Crippen molar-refractivity contribution in [3.05, 3.63) is 24.3 Å². The number of hydrogen-bond donors (Lipinski definition) is 3. The molecule has 1 heterocycles. The molecule has 0 spiro atoms. The average molecular weight is 453 g/mol. The Morgan fingerprint density at radius 3 is 2.19 bits per heavy atom. The standard InChI is InChI=1S/C22H31NO9/c24-19(25)15-22(29,21(27)28)16-20(26)32-18-7-5-17(6-8-18)31-12-4-2-1-3-9-23-10-13-30-14-11-23/h5-8,29H,1-4,9-16H2,(H,24,25)(H,27,28). The number of esters is 1. The van der Waals surface area contributed by atoms with Crippen LogP contribution in [0.2, 0.25) is 0 Å². The number of aliphatic hydroxyl groups is 1. The molecule has 1 unspecified atom stereocenters. The molecule has 2 rings (SSSR count). The van der Waals surface area contributed by atoms with Gasteiger partial charge >= 0.3 is 17.9 Å². The van der Waals surface area contributed by atoms with E-state index in [1.54, 1.807) is 12.1 Å². The number of hydrogen-bond acceptors (Lipinski definition) is 8. The molecule has 1 aromatic carbocycles. The molecule has 1 saturated heterocycles. The maximum Gasteiger partial charge on any atom is 0.336 e. The normalized spacial score (nSPS) is 16.2. The van der Waals surface area contributed by atoms with Crippen LogP contribution in [-0.4, -0.2) is 83.2 Å². The van der Waals surface area contributed by atoms with Crippen molar-refractivity contribution in [1.29, 1.82) is 0 Å². The predicted octanol–water partition coefficient (Wildman–Crippen LogP) is 1.54. The number of nitrogens with zero attached hydrogens (tertiary/aromatic N) is 1. The van der Waals surface area contributed by atoms with Gasteiger partial charge in [0.2, 0.25) is 0 Å². The van der Waals surface area contributed by atoms with Gasteiger partial charge in [-0.05, 0) is 43.7 Å². The molecular formula is C22H31NO9. The Morgan fingerprint density at radius 2 is 1.56 bits per heavy atom. The van der Waals surface area contributed by atoms with Crippen molar-refractivity contribution in [1.82, 2.24) is 4.90 Å². The second kappa shape index (κ2) is 13.0. The first-order chi connectivity index (χ1) is 15.3. The molecule has 0 aliphatic carbocycles. The Hall–Kier alpha value is -2.69. The summed E-state index contributed by atoms with van der Waals surface area (Å²) in [5, 5.41) is 27.6. The third-order valence-corrected chi connectivity index (χ3v) is 5.08. The molecule has 0 aromatic heterocycles. The smallest absolute Gasteiger partial charge is 0.336 e. The SMILES string of the molecule is O=C(O)CC(O)(CC(=O)Oc1ccc(OCCCCCCN2CCOCC2)cc1)C(=O)O. The first-order valence-electron chi connectivity index (χ1n) is 10.7. The Bertz CT molecular complexity index is 746. The van der Waals surface area contributed by atoms with E-state index >= 15 is 0 Å². The molecule has 0 radical (unpaired) electrons. The molecule has 1 fully saturated rings. The lowest BCUT2D eigenvalue weighted by Gasteiger charge is -2.26. The molecule has 1 aliphatic rings. The maximum atomic E-state index is 11.9. The number of unbranched alkanes of at least 4 members (excludes halogenated alkanes) is 3. The number of ether oxygens (including phenoxy) is 3. The summed E-state index contributed by atoms with van der Waals surface area (Å²) >= 11 is 0. The Balaban J connectivity index is 1.64. The molecule has 3 N–H and O–H groups in total. The molecule has 178 valence electrons. The number of rotatable bonds is 14. The van der Waals surface area contributed by atoms with Gasteiger partial charge in [0.15, 0.2) is 5.60 Å². The summed E-state index contributed by atoms with van der Waals surface area (Å²) in [4.78, 5) is 36.2. The van der Waals surface area contributed by atoms with E-state index in [0.29, 0.717) is 12.4 Å². The lowest BCUT2D eigenvalue weighted by molar-refractivity contribution is -0.169. The molecular weight excluding hydrogens is 422 g/mol. The number of carbonyl (C=O) groups is 3. The summed E-state index contributed by atoms with van der Waals surface area (Å²) in [5.41, 5.74) is -2.73. The van der Waals surface area contributed by atoms with Crippen LogP contribution in [0, 0.1) is 0 Å². The van der Waals surface area contributed by atoms with Crippen LogP contribution in [0.3, 0.4) is 0 Å². The Labute approximate surface area is 186 Å². The minimum Gasteiger partial charge on any atom is -0.494 e. The van der Waals surface area contributed by atoms with Crippen LogP contribution in [0.15, 0.2) is 24.3 Å². The monoisotopic (exact) mass is 453 g/mol. The molecule has 10 nitrogen and oxygen atoms in total. The summed E-state index contributed by atoms with van der Waals surface area (Å²) in [7, 11) is 0. The first kappa shape index (κ1) is 25.6. The van der Waals surface area contributed by atoms with E-state index in [2.05, 4.69) is 4.90 Å². The van der Waals surface area contributed by atoms with Crippen LogP contribution in [0.1, 0.15) is 38.5 Å². The first-order valence-corrected chi connectivity index (χ1v) is 10.7. The van der Waals surface area contributed by atoms with E-state index < -0.39 is 36.4 Å². The van der Waals surface area contributed by atoms with Crippen LogP contribution in [0.4, 0.5) is 0 Å². The van der Waals surface area contributed by atoms with E-state index in [-0.39, 0.29) is 5.75 Å². The van der Waals surface area contributed by atoms with Gasteiger partial charge in [-0.3, -0.25) is 14.5 Å². The highest BCUT2D eigenvalue weighted by molar-refractivity contribution is 5.89. The molecule has 0 saturated carbocycles. The van der Waals surface area contributed by atoms with E-state index in [1.807, 2.05) is 0 Å². The van der Waals surface area contributed by atoms with Gasteiger partial charge < -0.3 is 29.5 Å². The van der Waals surface area contributed by atoms with Crippen molar-refractivity contribution in [2.24, 2.45) is 0 Å². The van der Waals surface area contributed by atoms with Gasteiger partial charge in [-0.15, -0.1) is 0 Å².